The van der Waals surface area contributed by atoms with Crippen molar-refractivity contribution in [3.05, 3.63) is 0 Å². The maximum absolute atomic E-state index is 12.3. The molecule has 23 heavy (non-hydrogen) atoms. The van der Waals surface area contributed by atoms with Gasteiger partial charge in [0.05, 0.1) is 6.61 Å². The number of likely N-dealkylation sites (tertiary alicyclic amines) is 2. The lowest BCUT2D eigenvalue weighted by atomic mass is 9.94. The number of amides is 3. The predicted molar refractivity (Wildman–Crippen MR) is 84.7 cm³/mol. The number of piperidine rings is 2. The maximum Gasteiger partial charge on any atom is 0.409 e. The molecule has 2 aliphatic heterocycles. The summed E-state index contributed by atoms with van der Waals surface area (Å²) in [4.78, 5) is 38.8. The molecule has 0 aromatic rings. The molecular formula is C16H27N3O4. The van der Waals surface area contributed by atoms with Crippen molar-refractivity contribution in [1.82, 2.24) is 15.1 Å². The minimum Gasteiger partial charge on any atom is -0.450 e. The summed E-state index contributed by atoms with van der Waals surface area (Å²) in [7, 11) is 0. The average Bonchev–Trinajstić information content (AvgIpc) is 2.55. The van der Waals surface area contributed by atoms with Gasteiger partial charge in [0.25, 0.3) is 0 Å². The highest BCUT2D eigenvalue weighted by molar-refractivity contribution is 5.80. The fourth-order valence-corrected chi connectivity index (χ4v) is 3.20. The van der Waals surface area contributed by atoms with Gasteiger partial charge in [0.2, 0.25) is 11.8 Å². The van der Waals surface area contributed by atoms with Crippen molar-refractivity contribution in [2.24, 2.45) is 5.92 Å². The average molecular weight is 325 g/mol. The molecule has 130 valence electrons. The zero-order chi connectivity index (χ0) is 16.8. The molecule has 0 aromatic carbocycles. The first-order chi connectivity index (χ1) is 11.0. The lowest BCUT2D eigenvalue weighted by Crippen LogP contribution is -2.49. The van der Waals surface area contributed by atoms with Gasteiger partial charge in [-0.25, -0.2) is 4.79 Å². The first-order valence-corrected chi connectivity index (χ1v) is 8.48. The lowest BCUT2D eigenvalue weighted by molar-refractivity contribution is -0.134. The molecule has 0 aliphatic carbocycles. The number of carbonyl (C=O) groups is 3. The van der Waals surface area contributed by atoms with Gasteiger partial charge in [0.1, 0.15) is 0 Å². The Kier molecular flexibility index (Phi) is 6.24. The van der Waals surface area contributed by atoms with Crippen LogP contribution in [-0.2, 0) is 14.3 Å². The van der Waals surface area contributed by atoms with E-state index in [2.05, 4.69) is 5.32 Å². The summed E-state index contributed by atoms with van der Waals surface area (Å²) in [5, 5.41) is 3.10. The first-order valence-electron chi connectivity index (χ1n) is 8.48. The number of ether oxygens (including phenoxy) is 1. The zero-order valence-corrected chi connectivity index (χ0v) is 14.0. The second-order valence-corrected chi connectivity index (χ2v) is 6.25. The SMILES string of the molecule is CCOC(=O)N1CCC(NC(=O)C2CCN(C(C)=O)CC2)CC1. The van der Waals surface area contributed by atoms with Crippen LogP contribution in [-0.4, -0.2) is 66.5 Å². The van der Waals surface area contributed by atoms with Crippen LogP contribution in [0.2, 0.25) is 0 Å². The second kappa shape index (κ2) is 8.17. The van der Waals surface area contributed by atoms with Crippen LogP contribution in [0.4, 0.5) is 4.79 Å². The van der Waals surface area contributed by atoms with Gasteiger partial charge in [-0.3, -0.25) is 9.59 Å². The maximum atomic E-state index is 12.3. The van der Waals surface area contributed by atoms with E-state index in [1.807, 2.05) is 0 Å². The van der Waals surface area contributed by atoms with E-state index in [-0.39, 0.29) is 29.9 Å². The van der Waals surface area contributed by atoms with E-state index in [1.165, 1.54) is 0 Å². The third kappa shape index (κ3) is 4.84. The highest BCUT2D eigenvalue weighted by Gasteiger charge is 2.29. The summed E-state index contributed by atoms with van der Waals surface area (Å²) in [5.74, 6) is 0.159. The highest BCUT2D eigenvalue weighted by atomic mass is 16.6. The van der Waals surface area contributed by atoms with E-state index in [0.29, 0.717) is 32.8 Å². The Hall–Kier alpha value is -1.79. The number of hydrogen-bond acceptors (Lipinski definition) is 4. The molecule has 0 radical (unpaired) electrons. The monoisotopic (exact) mass is 325 g/mol. The second-order valence-electron chi connectivity index (χ2n) is 6.25. The van der Waals surface area contributed by atoms with Gasteiger partial charge in [-0.2, -0.15) is 0 Å². The normalized spacial score (nSPS) is 20.3. The number of hydrogen-bond donors (Lipinski definition) is 1. The number of rotatable bonds is 3. The molecule has 2 fully saturated rings. The molecule has 0 saturated carbocycles. The summed E-state index contributed by atoms with van der Waals surface area (Å²) in [5.41, 5.74) is 0. The van der Waals surface area contributed by atoms with Crippen molar-refractivity contribution in [2.45, 2.75) is 45.6 Å². The molecule has 2 rings (SSSR count). The van der Waals surface area contributed by atoms with Crippen LogP contribution >= 0.6 is 0 Å². The Bertz CT molecular complexity index is 439. The van der Waals surface area contributed by atoms with Gasteiger partial charge in [-0.1, -0.05) is 0 Å². The van der Waals surface area contributed by atoms with Gasteiger partial charge < -0.3 is 19.9 Å². The first kappa shape index (κ1) is 17.6. The van der Waals surface area contributed by atoms with Gasteiger partial charge >= 0.3 is 6.09 Å². The van der Waals surface area contributed by atoms with Crippen LogP contribution in [0.3, 0.4) is 0 Å². The van der Waals surface area contributed by atoms with Crippen molar-refractivity contribution in [1.29, 1.82) is 0 Å². The largest absolute Gasteiger partial charge is 0.450 e. The van der Waals surface area contributed by atoms with Crippen molar-refractivity contribution in [2.75, 3.05) is 32.8 Å². The molecule has 0 aromatic heterocycles. The van der Waals surface area contributed by atoms with E-state index in [0.717, 1.165) is 25.7 Å². The smallest absolute Gasteiger partial charge is 0.409 e. The van der Waals surface area contributed by atoms with Gasteiger partial charge in [-0.15, -0.1) is 0 Å². The van der Waals surface area contributed by atoms with Crippen molar-refractivity contribution >= 4 is 17.9 Å². The third-order valence-electron chi connectivity index (χ3n) is 4.68. The Morgan fingerprint density at radius 2 is 1.57 bits per heavy atom. The molecule has 1 N–H and O–H groups in total. The summed E-state index contributed by atoms with van der Waals surface area (Å²) in [6.45, 7) is 6.30. The van der Waals surface area contributed by atoms with Crippen LogP contribution in [0.5, 0.6) is 0 Å². The topological polar surface area (TPSA) is 79.0 Å². The van der Waals surface area contributed by atoms with Crippen molar-refractivity contribution in [3.63, 3.8) is 0 Å². The summed E-state index contributed by atoms with van der Waals surface area (Å²) in [6.07, 6.45) is 2.71. The predicted octanol–water partition coefficient (Wildman–Crippen LogP) is 0.982. The van der Waals surface area contributed by atoms with Crippen molar-refractivity contribution in [3.8, 4) is 0 Å². The number of carbonyl (C=O) groups excluding carboxylic acids is 3. The lowest BCUT2D eigenvalue weighted by Gasteiger charge is -2.34. The number of nitrogens with one attached hydrogen (secondary N) is 1. The van der Waals surface area contributed by atoms with Crippen LogP contribution in [0.15, 0.2) is 0 Å². The quantitative estimate of drug-likeness (QED) is 0.839. The molecule has 0 bridgehead atoms. The van der Waals surface area contributed by atoms with Gasteiger partial charge in [-0.05, 0) is 32.6 Å². The van der Waals surface area contributed by atoms with Gasteiger partial charge in [0.15, 0.2) is 0 Å². The zero-order valence-electron chi connectivity index (χ0n) is 14.0. The molecule has 2 aliphatic rings. The molecule has 2 saturated heterocycles. The minimum atomic E-state index is -0.270. The molecule has 0 unspecified atom stereocenters. The van der Waals surface area contributed by atoms with Crippen LogP contribution in [0.1, 0.15) is 39.5 Å². The molecule has 7 nitrogen and oxygen atoms in total. The summed E-state index contributed by atoms with van der Waals surface area (Å²) >= 11 is 0. The number of nitrogens with zero attached hydrogens (tertiary/aromatic N) is 2. The Balaban J connectivity index is 1.71. The Morgan fingerprint density at radius 1 is 1.00 bits per heavy atom. The van der Waals surface area contributed by atoms with Crippen molar-refractivity contribution < 1.29 is 19.1 Å². The molecule has 0 atom stereocenters. The molecule has 0 spiro atoms. The van der Waals surface area contributed by atoms with Crippen LogP contribution in [0, 0.1) is 5.92 Å². The third-order valence-corrected chi connectivity index (χ3v) is 4.68. The highest BCUT2D eigenvalue weighted by Crippen LogP contribution is 2.19. The van der Waals surface area contributed by atoms with E-state index in [9.17, 15) is 14.4 Å². The minimum absolute atomic E-state index is 0.00585. The molecule has 2 heterocycles. The molecule has 7 heteroatoms. The molecular weight excluding hydrogens is 298 g/mol. The summed E-state index contributed by atoms with van der Waals surface area (Å²) in [6, 6.07) is 0.124. The van der Waals surface area contributed by atoms with Gasteiger partial charge in [0, 0.05) is 45.1 Å². The van der Waals surface area contributed by atoms with Crippen LogP contribution in [0.25, 0.3) is 0 Å². The van der Waals surface area contributed by atoms with E-state index >= 15 is 0 Å². The molecule has 3 amide bonds. The fourth-order valence-electron chi connectivity index (χ4n) is 3.20. The van der Waals surface area contributed by atoms with E-state index in [1.54, 1.807) is 23.6 Å². The fraction of sp³-hybridized carbons (Fsp3) is 0.812. The Labute approximate surface area is 137 Å². The van der Waals surface area contributed by atoms with E-state index in [4.69, 9.17) is 4.74 Å². The van der Waals surface area contributed by atoms with E-state index < -0.39 is 0 Å². The van der Waals surface area contributed by atoms with Crippen LogP contribution < -0.4 is 5.32 Å². The summed E-state index contributed by atoms with van der Waals surface area (Å²) < 4.78 is 4.99. The standard InChI is InChI=1S/C16H27N3O4/c1-3-23-16(22)19-10-6-14(7-11-19)17-15(21)13-4-8-18(9-5-13)12(2)20/h13-14H,3-11H2,1-2H3,(H,17,21). The Morgan fingerprint density at radius 3 is 2.09 bits per heavy atom.